The van der Waals surface area contributed by atoms with Crippen molar-refractivity contribution in [3.8, 4) is 0 Å². The summed E-state index contributed by atoms with van der Waals surface area (Å²) in [5, 5.41) is 28.8. The molecule has 0 saturated heterocycles. The van der Waals surface area contributed by atoms with Gasteiger partial charge >= 0.3 is 5.97 Å². The van der Waals surface area contributed by atoms with Gasteiger partial charge in [0.15, 0.2) is 0 Å². The molecule has 6 nitrogen and oxygen atoms in total. The van der Waals surface area contributed by atoms with E-state index >= 15 is 0 Å². The van der Waals surface area contributed by atoms with Gasteiger partial charge in [-0.1, -0.05) is 0 Å². The molecule has 5 atom stereocenters. The lowest BCUT2D eigenvalue weighted by Crippen LogP contribution is -2.55. The Kier molecular flexibility index (Phi) is 4.67. The molecule has 16 heavy (non-hydrogen) atoms. The number of carbonyl (C=O) groups is 1. The van der Waals surface area contributed by atoms with Crippen LogP contribution in [0.3, 0.4) is 0 Å². The molecule has 1 fully saturated rings. The molecule has 0 bridgehead atoms. The Bertz CT molecular complexity index is 241. The fourth-order valence-corrected chi connectivity index (χ4v) is 1.90. The highest BCUT2D eigenvalue weighted by Crippen LogP contribution is 2.27. The molecule has 1 saturated carbocycles. The second kappa shape index (κ2) is 5.58. The van der Waals surface area contributed by atoms with Crippen molar-refractivity contribution in [2.24, 2.45) is 5.92 Å². The fraction of sp³-hybridized carbons (Fsp3) is 0.900. The smallest absolute Gasteiger partial charge is 0.302 e. The molecule has 94 valence electrons. The summed E-state index contributed by atoms with van der Waals surface area (Å²) in [6.07, 6.45) is -3.73. The van der Waals surface area contributed by atoms with Gasteiger partial charge in [-0.15, -0.1) is 0 Å². The molecule has 0 radical (unpaired) electrons. The van der Waals surface area contributed by atoms with Gasteiger partial charge in [-0.2, -0.15) is 0 Å². The van der Waals surface area contributed by atoms with Crippen LogP contribution in [0.5, 0.6) is 0 Å². The lowest BCUT2D eigenvalue weighted by atomic mass is 9.81. The molecule has 1 rings (SSSR count). The van der Waals surface area contributed by atoms with E-state index in [4.69, 9.17) is 9.47 Å². The third-order valence-corrected chi connectivity index (χ3v) is 2.90. The predicted octanol–water partition coefficient (Wildman–Crippen LogP) is -1.33. The van der Waals surface area contributed by atoms with Crippen molar-refractivity contribution in [1.29, 1.82) is 0 Å². The normalized spacial score (nSPS) is 39.4. The van der Waals surface area contributed by atoms with Crippen molar-refractivity contribution in [2.45, 2.75) is 37.8 Å². The number of esters is 1. The van der Waals surface area contributed by atoms with Crippen LogP contribution in [-0.4, -0.2) is 59.4 Å². The molecule has 6 heteroatoms. The summed E-state index contributed by atoms with van der Waals surface area (Å²) in [5.41, 5.74) is 0. The zero-order chi connectivity index (χ0) is 12.3. The molecular weight excluding hydrogens is 216 g/mol. The molecular formula is C10H18O6. The van der Waals surface area contributed by atoms with Gasteiger partial charge in [0.1, 0.15) is 12.2 Å². The van der Waals surface area contributed by atoms with Crippen molar-refractivity contribution in [2.75, 3.05) is 13.7 Å². The summed E-state index contributed by atoms with van der Waals surface area (Å²) in [7, 11) is 1.42. The molecule has 1 aliphatic rings. The van der Waals surface area contributed by atoms with Crippen molar-refractivity contribution in [3.05, 3.63) is 0 Å². The minimum Gasteiger partial charge on any atom is -0.465 e. The van der Waals surface area contributed by atoms with Crippen molar-refractivity contribution >= 4 is 5.97 Å². The van der Waals surface area contributed by atoms with E-state index < -0.39 is 36.3 Å². The summed E-state index contributed by atoms with van der Waals surface area (Å²) in [6.45, 7) is 1.29. The van der Waals surface area contributed by atoms with E-state index in [2.05, 4.69) is 0 Å². The van der Waals surface area contributed by atoms with Gasteiger partial charge in [-0.3, -0.25) is 4.79 Å². The van der Waals surface area contributed by atoms with E-state index in [1.807, 2.05) is 0 Å². The number of rotatable bonds is 3. The molecule has 5 unspecified atom stereocenters. The summed E-state index contributed by atoms with van der Waals surface area (Å²) < 4.78 is 9.78. The monoisotopic (exact) mass is 234 g/mol. The van der Waals surface area contributed by atoms with Crippen LogP contribution in [-0.2, 0) is 14.3 Å². The molecule has 3 N–H and O–H groups in total. The maximum atomic E-state index is 10.6. The van der Waals surface area contributed by atoms with Crippen LogP contribution in [0.15, 0.2) is 0 Å². The molecule has 0 aromatic heterocycles. The molecule has 1 aliphatic carbocycles. The van der Waals surface area contributed by atoms with E-state index in [9.17, 15) is 20.1 Å². The van der Waals surface area contributed by atoms with Crippen LogP contribution in [0.2, 0.25) is 0 Å². The number of methoxy groups -OCH3 is 1. The highest BCUT2D eigenvalue weighted by atomic mass is 16.5. The second-order valence-electron chi connectivity index (χ2n) is 4.04. The number of carbonyl (C=O) groups excluding carboxylic acids is 1. The SMILES string of the molecule is COC1CC(COC(C)=O)C(O)C(O)C1O. The van der Waals surface area contributed by atoms with E-state index in [-0.39, 0.29) is 6.61 Å². The number of hydrogen-bond acceptors (Lipinski definition) is 6. The first-order valence-corrected chi connectivity index (χ1v) is 5.17. The van der Waals surface area contributed by atoms with Gasteiger partial charge < -0.3 is 24.8 Å². The Morgan fingerprint density at radius 1 is 1.25 bits per heavy atom. The van der Waals surface area contributed by atoms with Crippen molar-refractivity contribution < 1.29 is 29.6 Å². The first-order valence-electron chi connectivity index (χ1n) is 5.17. The number of aliphatic hydroxyl groups excluding tert-OH is 3. The Labute approximate surface area is 93.8 Å². The minimum atomic E-state index is -1.28. The fourth-order valence-electron chi connectivity index (χ4n) is 1.90. The topological polar surface area (TPSA) is 96.2 Å². The summed E-state index contributed by atoms with van der Waals surface area (Å²) in [6, 6.07) is 0. The van der Waals surface area contributed by atoms with Crippen molar-refractivity contribution in [3.63, 3.8) is 0 Å². The van der Waals surface area contributed by atoms with Crippen LogP contribution in [0.1, 0.15) is 13.3 Å². The maximum Gasteiger partial charge on any atom is 0.302 e. The van der Waals surface area contributed by atoms with Crippen LogP contribution >= 0.6 is 0 Å². The summed E-state index contributed by atoms with van der Waals surface area (Å²) in [5.74, 6) is -0.867. The molecule has 0 aromatic rings. The number of ether oxygens (including phenoxy) is 2. The van der Waals surface area contributed by atoms with Gasteiger partial charge in [-0.25, -0.2) is 0 Å². The van der Waals surface area contributed by atoms with Gasteiger partial charge in [0.2, 0.25) is 0 Å². The lowest BCUT2D eigenvalue weighted by molar-refractivity contribution is -0.177. The van der Waals surface area contributed by atoms with Gasteiger partial charge in [-0.05, 0) is 6.42 Å². The quantitative estimate of drug-likeness (QED) is 0.523. The highest BCUT2D eigenvalue weighted by molar-refractivity contribution is 5.65. The van der Waals surface area contributed by atoms with Crippen LogP contribution in [0.25, 0.3) is 0 Å². The molecule has 0 spiro atoms. The number of hydrogen-bond donors (Lipinski definition) is 3. The summed E-state index contributed by atoms with van der Waals surface area (Å²) >= 11 is 0. The van der Waals surface area contributed by atoms with Crippen LogP contribution < -0.4 is 0 Å². The van der Waals surface area contributed by atoms with E-state index in [1.54, 1.807) is 0 Å². The number of aliphatic hydroxyl groups is 3. The largest absolute Gasteiger partial charge is 0.465 e. The molecule has 0 amide bonds. The van der Waals surface area contributed by atoms with Gasteiger partial charge in [0.25, 0.3) is 0 Å². The molecule has 0 aliphatic heterocycles. The van der Waals surface area contributed by atoms with E-state index in [0.29, 0.717) is 6.42 Å². The summed E-state index contributed by atoms with van der Waals surface area (Å²) in [4.78, 5) is 10.6. The average molecular weight is 234 g/mol. The first-order chi connectivity index (χ1) is 7.47. The van der Waals surface area contributed by atoms with E-state index in [1.165, 1.54) is 14.0 Å². The zero-order valence-corrected chi connectivity index (χ0v) is 9.37. The average Bonchev–Trinajstić information content (AvgIpc) is 2.25. The lowest BCUT2D eigenvalue weighted by Gasteiger charge is -2.39. The maximum absolute atomic E-state index is 10.6. The third-order valence-electron chi connectivity index (χ3n) is 2.90. The Morgan fingerprint density at radius 2 is 1.88 bits per heavy atom. The molecule has 0 heterocycles. The van der Waals surface area contributed by atoms with E-state index in [0.717, 1.165) is 0 Å². The van der Waals surface area contributed by atoms with Gasteiger partial charge in [0.05, 0.1) is 18.8 Å². The van der Waals surface area contributed by atoms with Crippen molar-refractivity contribution in [1.82, 2.24) is 0 Å². The molecule has 0 aromatic carbocycles. The minimum absolute atomic E-state index is 0.0140. The Balaban J connectivity index is 2.60. The van der Waals surface area contributed by atoms with Crippen LogP contribution in [0, 0.1) is 5.92 Å². The van der Waals surface area contributed by atoms with Crippen LogP contribution in [0.4, 0.5) is 0 Å². The highest BCUT2D eigenvalue weighted by Gasteiger charge is 2.43. The second-order valence-corrected chi connectivity index (χ2v) is 4.04. The Hall–Kier alpha value is -0.690. The third kappa shape index (κ3) is 2.91. The van der Waals surface area contributed by atoms with Gasteiger partial charge in [0, 0.05) is 20.0 Å². The Morgan fingerprint density at radius 3 is 2.38 bits per heavy atom. The standard InChI is InChI=1S/C10H18O6/c1-5(11)16-4-6-3-7(15-2)9(13)10(14)8(6)12/h6-10,12-14H,3-4H2,1-2H3. The first kappa shape index (κ1) is 13.4. The zero-order valence-electron chi connectivity index (χ0n) is 9.37. The predicted molar refractivity (Wildman–Crippen MR) is 53.6 cm³/mol.